The first-order chi connectivity index (χ1) is 3.80. The lowest BCUT2D eigenvalue weighted by atomic mass is 10.3. The van der Waals surface area contributed by atoms with Crippen molar-refractivity contribution in [2.24, 2.45) is 0 Å². The summed E-state index contributed by atoms with van der Waals surface area (Å²) in [5.41, 5.74) is 3.03. The van der Waals surface area contributed by atoms with Crippen LogP contribution in [0.3, 0.4) is 0 Å². The second kappa shape index (κ2) is 2.06. The molecule has 0 saturated heterocycles. The van der Waals surface area contributed by atoms with E-state index in [0.29, 0.717) is 6.04 Å². The summed E-state index contributed by atoms with van der Waals surface area (Å²) in [5, 5.41) is 0. The second-order valence-corrected chi connectivity index (χ2v) is 2.29. The first-order valence-corrected chi connectivity index (χ1v) is 2.97. The zero-order valence-corrected chi connectivity index (χ0v) is 5.39. The van der Waals surface area contributed by atoms with Crippen molar-refractivity contribution in [3.05, 3.63) is 18.0 Å². The number of hydrogen-bond acceptors (Lipinski definition) is 1. The van der Waals surface area contributed by atoms with E-state index in [2.05, 4.69) is 24.5 Å². The molecule has 0 fully saturated rings. The van der Waals surface area contributed by atoms with Crippen LogP contribution in [-0.4, -0.2) is 17.5 Å². The van der Waals surface area contributed by atoms with E-state index in [1.807, 2.05) is 12.3 Å². The Morgan fingerprint density at radius 3 is 2.62 bits per heavy atom. The van der Waals surface area contributed by atoms with Gasteiger partial charge in [-0.25, -0.2) is 0 Å². The fourth-order valence-corrected chi connectivity index (χ4v) is 0.719. The Kier molecular flexibility index (Phi) is 1.40. The molecule has 1 nitrogen and oxygen atoms in total. The summed E-state index contributed by atoms with van der Waals surface area (Å²) >= 11 is 0. The quantitative estimate of drug-likeness (QED) is 0.460. The van der Waals surface area contributed by atoms with Crippen LogP contribution in [0.5, 0.6) is 0 Å². The van der Waals surface area contributed by atoms with Crippen LogP contribution in [0.25, 0.3) is 0 Å². The Morgan fingerprint density at radius 1 is 1.62 bits per heavy atom. The standard InChI is InChI=1S/C7H11N/c1-7(2)8-5-3-4-6-8/h3,6-7H,5H2,1-2H3. The van der Waals surface area contributed by atoms with Crippen LogP contribution in [0.15, 0.2) is 18.0 Å². The highest BCUT2D eigenvalue weighted by atomic mass is 15.1. The van der Waals surface area contributed by atoms with Crippen LogP contribution in [0, 0.1) is 0 Å². The Labute approximate surface area is 50.3 Å². The molecule has 0 radical (unpaired) electrons. The minimum absolute atomic E-state index is 0.626. The highest BCUT2D eigenvalue weighted by molar-refractivity contribution is 4.97. The van der Waals surface area contributed by atoms with Gasteiger partial charge in [0, 0.05) is 18.8 Å². The van der Waals surface area contributed by atoms with Crippen LogP contribution in [0.2, 0.25) is 0 Å². The van der Waals surface area contributed by atoms with Crippen molar-refractivity contribution in [3.8, 4) is 0 Å². The van der Waals surface area contributed by atoms with E-state index < -0.39 is 0 Å². The van der Waals surface area contributed by atoms with Crippen LogP contribution in [-0.2, 0) is 0 Å². The van der Waals surface area contributed by atoms with Gasteiger partial charge in [0.15, 0.2) is 0 Å². The molecule has 44 valence electrons. The van der Waals surface area contributed by atoms with E-state index >= 15 is 0 Å². The molecule has 0 bridgehead atoms. The average molecular weight is 109 g/mol. The molecule has 0 aromatic carbocycles. The van der Waals surface area contributed by atoms with Crippen LogP contribution < -0.4 is 0 Å². The lowest BCUT2D eigenvalue weighted by Crippen LogP contribution is -2.22. The Morgan fingerprint density at radius 2 is 2.38 bits per heavy atom. The van der Waals surface area contributed by atoms with Gasteiger partial charge in [0.25, 0.3) is 0 Å². The minimum atomic E-state index is 0.626. The third-order valence-electron chi connectivity index (χ3n) is 1.32. The summed E-state index contributed by atoms with van der Waals surface area (Å²) in [6.45, 7) is 5.40. The smallest absolute Gasteiger partial charge is 0.0437 e. The van der Waals surface area contributed by atoms with E-state index in [1.54, 1.807) is 0 Å². The van der Waals surface area contributed by atoms with Gasteiger partial charge < -0.3 is 4.90 Å². The van der Waals surface area contributed by atoms with E-state index in [4.69, 9.17) is 0 Å². The molecule has 0 spiro atoms. The van der Waals surface area contributed by atoms with Gasteiger partial charge in [-0.05, 0) is 19.9 Å². The van der Waals surface area contributed by atoms with Gasteiger partial charge in [0.2, 0.25) is 0 Å². The lowest BCUT2D eigenvalue weighted by Gasteiger charge is -2.18. The van der Waals surface area contributed by atoms with E-state index in [-0.39, 0.29) is 0 Å². The van der Waals surface area contributed by atoms with Gasteiger partial charge in [0.1, 0.15) is 0 Å². The largest absolute Gasteiger partial charge is 0.364 e. The van der Waals surface area contributed by atoms with Crippen LogP contribution in [0.1, 0.15) is 13.8 Å². The average Bonchev–Trinajstić information content (AvgIpc) is 2.12. The summed E-state index contributed by atoms with van der Waals surface area (Å²) in [6, 6.07) is 0.626. The minimum Gasteiger partial charge on any atom is -0.364 e. The number of rotatable bonds is 1. The predicted octanol–water partition coefficient (Wildman–Crippen LogP) is 1.38. The van der Waals surface area contributed by atoms with Gasteiger partial charge in [-0.3, -0.25) is 0 Å². The Balaban J connectivity index is 2.42. The highest BCUT2D eigenvalue weighted by Crippen LogP contribution is 2.01. The SMILES string of the molecule is CC(C)N1C=C=CC1. The molecule has 1 aliphatic rings. The van der Waals surface area contributed by atoms with Crippen molar-refractivity contribution in [2.45, 2.75) is 19.9 Å². The first kappa shape index (κ1) is 5.46. The Bertz CT molecular complexity index is 129. The van der Waals surface area contributed by atoms with Crippen molar-refractivity contribution >= 4 is 0 Å². The van der Waals surface area contributed by atoms with Gasteiger partial charge in [-0.2, -0.15) is 0 Å². The van der Waals surface area contributed by atoms with Crippen molar-refractivity contribution in [1.82, 2.24) is 4.90 Å². The van der Waals surface area contributed by atoms with Gasteiger partial charge >= 0.3 is 0 Å². The maximum absolute atomic E-state index is 3.03. The zero-order valence-electron chi connectivity index (χ0n) is 5.39. The molecule has 1 heterocycles. The van der Waals surface area contributed by atoms with Crippen molar-refractivity contribution in [3.63, 3.8) is 0 Å². The van der Waals surface area contributed by atoms with Crippen molar-refractivity contribution < 1.29 is 0 Å². The van der Waals surface area contributed by atoms with Gasteiger partial charge in [0.05, 0.1) is 0 Å². The summed E-state index contributed by atoms with van der Waals surface area (Å²) < 4.78 is 0. The molecule has 1 heteroatoms. The number of nitrogens with zero attached hydrogens (tertiary/aromatic N) is 1. The molecule has 0 atom stereocenters. The highest BCUT2D eigenvalue weighted by Gasteiger charge is 2.02. The molecule has 0 unspecified atom stereocenters. The summed E-state index contributed by atoms with van der Waals surface area (Å²) in [4.78, 5) is 2.24. The molecule has 0 saturated carbocycles. The summed E-state index contributed by atoms with van der Waals surface area (Å²) in [5.74, 6) is 0. The van der Waals surface area contributed by atoms with Crippen LogP contribution >= 0.6 is 0 Å². The normalized spacial score (nSPS) is 16.6. The zero-order chi connectivity index (χ0) is 5.98. The molecule has 0 aromatic heterocycles. The van der Waals surface area contributed by atoms with E-state index in [9.17, 15) is 0 Å². The molecular formula is C7H11N. The maximum atomic E-state index is 3.03. The predicted molar refractivity (Wildman–Crippen MR) is 34.5 cm³/mol. The topological polar surface area (TPSA) is 3.24 Å². The van der Waals surface area contributed by atoms with Gasteiger partial charge in [-0.15, -0.1) is 5.73 Å². The second-order valence-electron chi connectivity index (χ2n) is 2.29. The fraction of sp³-hybridized carbons (Fsp3) is 0.571. The molecule has 0 aromatic rings. The monoisotopic (exact) mass is 109 g/mol. The lowest BCUT2D eigenvalue weighted by molar-refractivity contribution is 0.351. The fourth-order valence-electron chi connectivity index (χ4n) is 0.719. The van der Waals surface area contributed by atoms with Crippen molar-refractivity contribution in [1.29, 1.82) is 0 Å². The third-order valence-corrected chi connectivity index (χ3v) is 1.32. The molecule has 0 aliphatic carbocycles. The van der Waals surface area contributed by atoms with Crippen molar-refractivity contribution in [2.75, 3.05) is 6.54 Å². The molecule has 8 heavy (non-hydrogen) atoms. The molecule has 0 amide bonds. The molecular weight excluding hydrogens is 98.1 g/mol. The third kappa shape index (κ3) is 0.932. The molecule has 0 N–H and O–H groups in total. The van der Waals surface area contributed by atoms with E-state index in [1.165, 1.54) is 0 Å². The first-order valence-electron chi connectivity index (χ1n) is 2.97. The summed E-state index contributed by atoms with van der Waals surface area (Å²) in [6.07, 6.45) is 4.05. The molecule has 1 aliphatic heterocycles. The van der Waals surface area contributed by atoms with Gasteiger partial charge in [-0.1, -0.05) is 0 Å². The Hall–Kier alpha value is -0.680. The number of hydrogen-bond donors (Lipinski definition) is 0. The van der Waals surface area contributed by atoms with E-state index in [0.717, 1.165) is 6.54 Å². The molecule has 1 rings (SSSR count). The van der Waals surface area contributed by atoms with Crippen LogP contribution in [0.4, 0.5) is 0 Å². The maximum Gasteiger partial charge on any atom is 0.0437 e. The summed E-state index contributed by atoms with van der Waals surface area (Å²) in [7, 11) is 0.